The number of alkyl halides is 3. The molecule has 0 spiro atoms. The molecule has 4 aromatic rings. The van der Waals surface area contributed by atoms with Crippen molar-refractivity contribution >= 4 is 33.2 Å². The maximum Gasteiger partial charge on any atom is 0.416 e. The fourth-order valence-electron chi connectivity index (χ4n) is 2.71. The smallest absolute Gasteiger partial charge is 0.416 e. The normalized spacial score (nSPS) is 12.3. The number of thiazole rings is 1. The lowest BCUT2D eigenvalue weighted by Gasteiger charge is -2.07. The summed E-state index contributed by atoms with van der Waals surface area (Å²) in [6.45, 7) is 0. The zero-order chi connectivity index (χ0) is 19.7. The predicted octanol–water partition coefficient (Wildman–Crippen LogP) is 6.64. The van der Waals surface area contributed by atoms with Crippen molar-refractivity contribution in [1.29, 1.82) is 5.26 Å². The third-order valence-electron chi connectivity index (χ3n) is 4.03. The molecule has 138 valence electrons. The first-order valence-electron chi connectivity index (χ1n) is 8.19. The van der Waals surface area contributed by atoms with Crippen molar-refractivity contribution in [3.8, 4) is 17.4 Å². The molecule has 0 saturated carbocycles. The molecule has 2 heterocycles. The largest absolute Gasteiger partial charge is 0.457 e. The van der Waals surface area contributed by atoms with Crippen LogP contribution in [0.4, 0.5) is 13.2 Å². The van der Waals surface area contributed by atoms with Crippen LogP contribution in [0.25, 0.3) is 33.2 Å². The molecule has 28 heavy (non-hydrogen) atoms. The van der Waals surface area contributed by atoms with E-state index in [1.54, 1.807) is 18.2 Å². The van der Waals surface area contributed by atoms with Crippen molar-refractivity contribution in [2.75, 3.05) is 0 Å². The molecular formula is C21H11F3N2OS. The molecule has 0 bridgehead atoms. The second kappa shape index (κ2) is 6.98. The van der Waals surface area contributed by atoms with Gasteiger partial charge in [-0.1, -0.05) is 24.3 Å². The van der Waals surface area contributed by atoms with Crippen molar-refractivity contribution < 1.29 is 17.6 Å². The highest BCUT2D eigenvalue weighted by molar-refractivity contribution is 7.19. The molecule has 3 nitrogen and oxygen atoms in total. The second-order valence-electron chi connectivity index (χ2n) is 5.94. The van der Waals surface area contributed by atoms with Gasteiger partial charge in [0.05, 0.1) is 21.4 Å². The maximum absolute atomic E-state index is 12.9. The first kappa shape index (κ1) is 18.0. The molecule has 0 atom stereocenters. The number of nitrogens with zero attached hydrogens (tertiary/aromatic N) is 2. The number of rotatable bonds is 3. The van der Waals surface area contributed by atoms with E-state index < -0.39 is 11.7 Å². The Labute approximate surface area is 162 Å². The van der Waals surface area contributed by atoms with Crippen molar-refractivity contribution in [1.82, 2.24) is 4.98 Å². The Morgan fingerprint density at radius 3 is 2.64 bits per heavy atom. The fourth-order valence-corrected chi connectivity index (χ4v) is 3.64. The van der Waals surface area contributed by atoms with Crippen molar-refractivity contribution in [3.63, 3.8) is 0 Å². The Balaban J connectivity index is 1.68. The molecule has 0 aliphatic carbocycles. The van der Waals surface area contributed by atoms with Gasteiger partial charge in [0.25, 0.3) is 0 Å². The lowest BCUT2D eigenvalue weighted by Crippen LogP contribution is -2.04. The van der Waals surface area contributed by atoms with Crippen LogP contribution >= 0.6 is 11.3 Å². The summed E-state index contributed by atoms with van der Waals surface area (Å²) < 4.78 is 45.3. The predicted molar refractivity (Wildman–Crippen MR) is 102 cm³/mol. The Morgan fingerprint density at radius 1 is 1.07 bits per heavy atom. The molecule has 2 aromatic carbocycles. The summed E-state index contributed by atoms with van der Waals surface area (Å²) in [7, 11) is 0. The number of para-hydroxylation sites is 1. The Hall–Kier alpha value is -3.37. The number of benzene rings is 2. The van der Waals surface area contributed by atoms with Crippen LogP contribution in [0, 0.1) is 11.3 Å². The molecule has 0 radical (unpaired) electrons. The van der Waals surface area contributed by atoms with Gasteiger partial charge in [-0.15, -0.1) is 11.3 Å². The van der Waals surface area contributed by atoms with Gasteiger partial charge in [0.2, 0.25) is 0 Å². The van der Waals surface area contributed by atoms with E-state index in [1.807, 2.05) is 24.3 Å². The Morgan fingerprint density at radius 2 is 1.89 bits per heavy atom. The average molecular weight is 396 g/mol. The van der Waals surface area contributed by atoms with Gasteiger partial charge < -0.3 is 4.42 Å². The van der Waals surface area contributed by atoms with Gasteiger partial charge in [-0.2, -0.15) is 18.4 Å². The van der Waals surface area contributed by atoms with Crippen LogP contribution in [-0.4, -0.2) is 4.98 Å². The van der Waals surface area contributed by atoms with Gasteiger partial charge in [0, 0.05) is 11.6 Å². The lowest BCUT2D eigenvalue weighted by molar-refractivity contribution is -0.137. The first-order chi connectivity index (χ1) is 13.4. The van der Waals surface area contributed by atoms with Crippen LogP contribution in [0.5, 0.6) is 0 Å². The van der Waals surface area contributed by atoms with Gasteiger partial charge >= 0.3 is 6.18 Å². The summed E-state index contributed by atoms with van der Waals surface area (Å²) >= 11 is 1.39. The topological polar surface area (TPSA) is 49.8 Å². The van der Waals surface area contributed by atoms with Crippen LogP contribution in [0.2, 0.25) is 0 Å². The fraction of sp³-hybridized carbons (Fsp3) is 0.0476. The minimum Gasteiger partial charge on any atom is -0.457 e. The van der Waals surface area contributed by atoms with Gasteiger partial charge in [-0.25, -0.2) is 4.98 Å². The molecule has 0 aliphatic heterocycles. The zero-order valence-electron chi connectivity index (χ0n) is 14.2. The van der Waals surface area contributed by atoms with Gasteiger partial charge in [-0.05, 0) is 36.4 Å². The summed E-state index contributed by atoms with van der Waals surface area (Å²) in [5.74, 6) is 0.655. The van der Waals surface area contributed by atoms with Crippen LogP contribution in [0.3, 0.4) is 0 Å². The summed E-state index contributed by atoms with van der Waals surface area (Å²) in [5, 5.41) is 10.1. The van der Waals surface area contributed by atoms with Crippen LogP contribution < -0.4 is 0 Å². The summed E-state index contributed by atoms with van der Waals surface area (Å²) in [6, 6.07) is 17.8. The molecule has 0 unspecified atom stereocenters. The molecule has 0 aliphatic rings. The van der Waals surface area contributed by atoms with Crippen molar-refractivity contribution in [2.24, 2.45) is 0 Å². The molecule has 2 aromatic heterocycles. The van der Waals surface area contributed by atoms with Crippen molar-refractivity contribution in [3.05, 3.63) is 77.0 Å². The number of aromatic nitrogens is 1. The molecule has 4 rings (SSSR count). The van der Waals surface area contributed by atoms with E-state index in [-0.39, 0.29) is 0 Å². The highest BCUT2D eigenvalue weighted by Crippen LogP contribution is 2.33. The number of furan rings is 1. The quantitative estimate of drug-likeness (QED) is 0.365. The van der Waals surface area contributed by atoms with Gasteiger partial charge in [0.1, 0.15) is 22.6 Å². The summed E-state index contributed by atoms with van der Waals surface area (Å²) in [4.78, 5) is 4.44. The van der Waals surface area contributed by atoms with Crippen molar-refractivity contribution in [2.45, 2.75) is 6.18 Å². The summed E-state index contributed by atoms with van der Waals surface area (Å²) in [5.41, 5.74) is 0.692. The number of hydrogen-bond donors (Lipinski definition) is 0. The minimum absolute atomic E-state index is 0.291. The minimum atomic E-state index is -4.42. The first-order valence-corrected chi connectivity index (χ1v) is 9.01. The van der Waals surface area contributed by atoms with Crippen LogP contribution in [0.1, 0.15) is 16.3 Å². The third-order valence-corrected chi connectivity index (χ3v) is 5.10. The lowest BCUT2D eigenvalue weighted by atomic mass is 10.1. The molecular weight excluding hydrogens is 385 g/mol. The second-order valence-corrected chi connectivity index (χ2v) is 6.97. The average Bonchev–Trinajstić information content (AvgIpc) is 3.32. The van der Waals surface area contributed by atoms with Crippen LogP contribution in [0.15, 0.2) is 65.1 Å². The number of allylic oxidation sites excluding steroid dienone is 1. The summed E-state index contributed by atoms with van der Waals surface area (Å²) in [6.07, 6.45) is -2.89. The number of nitriles is 1. The highest BCUT2D eigenvalue weighted by Gasteiger charge is 2.30. The van der Waals surface area contributed by atoms with Gasteiger partial charge in [-0.3, -0.25) is 0 Å². The van der Waals surface area contributed by atoms with Crippen LogP contribution in [-0.2, 0) is 6.18 Å². The SMILES string of the molecule is N#C/C(=C\c1ccc(-c2cccc(C(F)(F)F)c2)o1)c1nc2ccccc2s1. The Kier molecular flexibility index (Phi) is 4.49. The third kappa shape index (κ3) is 3.55. The molecule has 0 amide bonds. The van der Waals surface area contributed by atoms with E-state index in [4.69, 9.17) is 4.42 Å². The van der Waals surface area contributed by atoms with Gasteiger partial charge in [0.15, 0.2) is 0 Å². The van der Waals surface area contributed by atoms with E-state index in [1.165, 1.54) is 23.5 Å². The van der Waals surface area contributed by atoms with E-state index >= 15 is 0 Å². The standard InChI is InChI=1S/C21H11F3N2OS/c22-21(23,24)15-5-3-4-13(10-15)18-9-8-16(27-18)11-14(12-25)20-26-17-6-1-2-7-19(17)28-20/h1-11H/b14-11+. The molecule has 7 heteroatoms. The number of fused-ring (bicyclic) bond motifs is 1. The van der Waals surface area contributed by atoms with E-state index in [2.05, 4.69) is 11.1 Å². The zero-order valence-corrected chi connectivity index (χ0v) is 15.0. The number of hydrogen-bond acceptors (Lipinski definition) is 4. The maximum atomic E-state index is 12.9. The molecule has 0 N–H and O–H groups in total. The Bertz CT molecular complexity index is 1200. The monoisotopic (exact) mass is 396 g/mol. The molecule has 0 saturated heterocycles. The van der Waals surface area contributed by atoms with E-state index in [9.17, 15) is 18.4 Å². The number of halogens is 3. The highest BCUT2D eigenvalue weighted by atomic mass is 32.1. The van der Waals surface area contributed by atoms with E-state index in [0.29, 0.717) is 27.7 Å². The molecule has 0 fully saturated rings. The van der Waals surface area contributed by atoms with E-state index in [0.717, 1.165) is 22.3 Å².